The number of thioether (sulfide) groups is 1. The molecule has 10 heteroatoms. The second-order valence-corrected chi connectivity index (χ2v) is 8.50. The maximum absolute atomic E-state index is 14.3. The van der Waals surface area contributed by atoms with E-state index >= 15 is 0 Å². The van der Waals surface area contributed by atoms with Crippen LogP contribution in [0.15, 0.2) is 29.5 Å². The molecule has 2 aromatic heterocycles. The Labute approximate surface area is 164 Å². The number of nitrogens with zero attached hydrogens (tertiary/aromatic N) is 5. The fourth-order valence-corrected chi connectivity index (χ4v) is 4.67. The smallest absolute Gasteiger partial charge is 0.225 e. The first-order valence-corrected chi connectivity index (χ1v) is 9.74. The summed E-state index contributed by atoms with van der Waals surface area (Å²) in [6.45, 7) is 3.34. The van der Waals surface area contributed by atoms with Gasteiger partial charge in [-0.1, -0.05) is 11.8 Å². The minimum absolute atomic E-state index is 0.0123. The van der Waals surface area contributed by atoms with Crippen molar-refractivity contribution < 1.29 is 13.2 Å². The van der Waals surface area contributed by atoms with Gasteiger partial charge in [-0.15, -0.1) is 0 Å². The summed E-state index contributed by atoms with van der Waals surface area (Å²) in [6.07, 6.45) is 2.13. The molecule has 0 bridgehead atoms. The molecule has 2 aliphatic heterocycles. The summed E-state index contributed by atoms with van der Waals surface area (Å²) in [6, 6.07) is 2.93. The first kappa shape index (κ1) is 19.0. The van der Waals surface area contributed by atoms with Crippen molar-refractivity contribution in [3.8, 4) is 0 Å². The van der Waals surface area contributed by atoms with Gasteiger partial charge in [-0.05, 0) is 26.0 Å². The summed E-state index contributed by atoms with van der Waals surface area (Å²) in [4.78, 5) is 18.9. The number of halogens is 3. The van der Waals surface area contributed by atoms with Crippen molar-refractivity contribution in [3.05, 3.63) is 47.5 Å². The molecule has 1 fully saturated rings. The molecule has 0 aromatic carbocycles. The molecule has 4 rings (SSSR count). The average Bonchev–Trinajstić information content (AvgIpc) is 3.01. The molecule has 0 spiro atoms. The number of fused-ring (bicyclic) bond motifs is 1. The van der Waals surface area contributed by atoms with Crippen LogP contribution in [0, 0.1) is 17.6 Å². The number of anilines is 1. The van der Waals surface area contributed by atoms with E-state index in [-0.39, 0.29) is 17.6 Å². The number of aliphatic imine (C=N–C) groups is 1. The summed E-state index contributed by atoms with van der Waals surface area (Å²) in [5.41, 5.74) is 3.57. The van der Waals surface area contributed by atoms with Crippen molar-refractivity contribution in [2.75, 3.05) is 23.7 Å². The number of rotatable bonds is 3. The third-order valence-corrected chi connectivity index (χ3v) is 5.99. The van der Waals surface area contributed by atoms with Crippen molar-refractivity contribution in [2.45, 2.75) is 25.1 Å². The predicted molar refractivity (Wildman–Crippen MR) is 102 cm³/mol. The van der Waals surface area contributed by atoms with Crippen molar-refractivity contribution in [1.82, 2.24) is 15.0 Å². The molecular formula is C18H19F3N6S. The zero-order chi connectivity index (χ0) is 20.1. The van der Waals surface area contributed by atoms with E-state index in [1.54, 1.807) is 6.07 Å². The van der Waals surface area contributed by atoms with Gasteiger partial charge in [-0.3, -0.25) is 4.98 Å². The van der Waals surface area contributed by atoms with Gasteiger partial charge in [-0.2, -0.15) is 0 Å². The normalized spacial score (nSPS) is 24.8. The average molecular weight is 408 g/mol. The lowest BCUT2D eigenvalue weighted by atomic mass is 9.85. The van der Waals surface area contributed by atoms with Crippen LogP contribution in [0.1, 0.15) is 25.2 Å². The van der Waals surface area contributed by atoms with Crippen LogP contribution in [0.25, 0.3) is 0 Å². The molecule has 2 atom stereocenters. The van der Waals surface area contributed by atoms with E-state index in [1.165, 1.54) is 31.7 Å². The second kappa shape index (κ2) is 6.61. The summed E-state index contributed by atoms with van der Waals surface area (Å²) in [5.74, 6) is -0.311. The van der Waals surface area contributed by atoms with Crippen molar-refractivity contribution in [2.24, 2.45) is 16.6 Å². The highest BCUT2D eigenvalue weighted by Gasteiger charge is 2.52. The van der Waals surface area contributed by atoms with Gasteiger partial charge in [0.15, 0.2) is 11.0 Å². The minimum Gasteiger partial charge on any atom is -0.379 e. The molecule has 0 aliphatic carbocycles. The van der Waals surface area contributed by atoms with E-state index in [1.807, 2.05) is 4.90 Å². The van der Waals surface area contributed by atoms with Gasteiger partial charge in [0.05, 0.1) is 24.6 Å². The minimum atomic E-state index is -1.94. The number of hydrogen-bond acceptors (Lipinski definition) is 7. The summed E-state index contributed by atoms with van der Waals surface area (Å²) in [5, 5.41) is 0.426. The Hall–Kier alpha value is -2.36. The third-order valence-electron chi connectivity index (χ3n) is 5.04. The SMILES string of the molecule is CC(C)(F)c1nc(N2C[C@H]3CSC(N)=N[C@@]3(c3ccc(F)cn3)C2)ncc1F. The lowest BCUT2D eigenvalue weighted by molar-refractivity contribution is 0.205. The number of aromatic nitrogens is 3. The van der Waals surface area contributed by atoms with E-state index in [2.05, 4.69) is 19.9 Å². The monoisotopic (exact) mass is 408 g/mol. The predicted octanol–water partition coefficient (Wildman–Crippen LogP) is 2.75. The Balaban J connectivity index is 1.75. The fraction of sp³-hybridized carbons (Fsp3) is 0.444. The number of nitrogens with two attached hydrogens (primary N) is 1. The third kappa shape index (κ3) is 3.19. The molecule has 148 valence electrons. The Morgan fingerprint density at radius 1 is 1.25 bits per heavy atom. The Bertz CT molecular complexity index is 930. The molecule has 1 saturated heterocycles. The topological polar surface area (TPSA) is 80.3 Å². The molecule has 0 saturated carbocycles. The Morgan fingerprint density at radius 3 is 2.71 bits per heavy atom. The second-order valence-electron chi connectivity index (χ2n) is 7.46. The molecular weight excluding hydrogens is 389 g/mol. The zero-order valence-corrected chi connectivity index (χ0v) is 16.2. The summed E-state index contributed by atoms with van der Waals surface area (Å²) in [7, 11) is 0. The molecule has 0 unspecified atom stereocenters. The number of pyridine rings is 1. The van der Waals surface area contributed by atoms with Crippen LogP contribution < -0.4 is 10.6 Å². The van der Waals surface area contributed by atoms with Crippen molar-refractivity contribution in [3.63, 3.8) is 0 Å². The van der Waals surface area contributed by atoms with Crippen molar-refractivity contribution >= 4 is 22.9 Å². The number of hydrogen-bond donors (Lipinski definition) is 1. The van der Waals surface area contributed by atoms with Gasteiger partial charge in [-0.25, -0.2) is 28.1 Å². The molecule has 4 heterocycles. The van der Waals surface area contributed by atoms with E-state index < -0.39 is 22.8 Å². The van der Waals surface area contributed by atoms with Gasteiger partial charge < -0.3 is 10.6 Å². The van der Waals surface area contributed by atoms with Gasteiger partial charge in [0, 0.05) is 18.2 Å². The highest BCUT2D eigenvalue weighted by molar-refractivity contribution is 8.13. The fourth-order valence-electron chi connectivity index (χ4n) is 3.69. The Morgan fingerprint density at radius 2 is 2.04 bits per heavy atom. The van der Waals surface area contributed by atoms with Crippen LogP contribution in [0.5, 0.6) is 0 Å². The van der Waals surface area contributed by atoms with Gasteiger partial charge in [0.25, 0.3) is 0 Å². The summed E-state index contributed by atoms with van der Waals surface area (Å²) < 4.78 is 41.7. The summed E-state index contributed by atoms with van der Waals surface area (Å²) >= 11 is 1.44. The molecule has 2 aliphatic rings. The number of amidine groups is 1. The molecule has 28 heavy (non-hydrogen) atoms. The highest BCUT2D eigenvalue weighted by Crippen LogP contribution is 2.45. The largest absolute Gasteiger partial charge is 0.379 e. The van der Waals surface area contributed by atoms with E-state index in [0.717, 1.165) is 12.4 Å². The molecule has 2 N–H and O–H groups in total. The molecule has 0 amide bonds. The van der Waals surface area contributed by atoms with Crippen LogP contribution in [0.3, 0.4) is 0 Å². The first-order valence-electron chi connectivity index (χ1n) is 8.76. The molecule has 6 nitrogen and oxygen atoms in total. The first-order chi connectivity index (χ1) is 13.2. The molecule has 2 aromatic rings. The van der Waals surface area contributed by atoms with Crippen LogP contribution >= 0.6 is 11.8 Å². The maximum atomic E-state index is 14.3. The van der Waals surface area contributed by atoms with Gasteiger partial charge in [0.2, 0.25) is 5.95 Å². The van der Waals surface area contributed by atoms with E-state index in [9.17, 15) is 13.2 Å². The Kier molecular flexibility index (Phi) is 4.48. The number of alkyl halides is 1. The van der Waals surface area contributed by atoms with E-state index in [0.29, 0.717) is 29.7 Å². The van der Waals surface area contributed by atoms with Crippen LogP contribution in [0.4, 0.5) is 19.1 Å². The maximum Gasteiger partial charge on any atom is 0.225 e. The molecule has 0 radical (unpaired) electrons. The highest BCUT2D eigenvalue weighted by atomic mass is 32.2. The zero-order valence-electron chi connectivity index (χ0n) is 15.4. The van der Waals surface area contributed by atoms with Crippen LogP contribution in [-0.2, 0) is 11.2 Å². The van der Waals surface area contributed by atoms with Crippen LogP contribution in [-0.4, -0.2) is 39.0 Å². The van der Waals surface area contributed by atoms with Crippen molar-refractivity contribution in [1.29, 1.82) is 0 Å². The standard InChI is InChI=1S/C18H19F3N6S/c1-17(2,21)14-12(20)6-24-16(25-14)27-7-10-8-28-15(22)26-18(10,9-27)13-4-3-11(19)5-23-13/h3-6,10H,7-9H2,1-2H3,(H2,22,26)/t10-,18-/m0/s1. The van der Waals surface area contributed by atoms with Gasteiger partial charge in [0.1, 0.15) is 22.7 Å². The van der Waals surface area contributed by atoms with Crippen LogP contribution in [0.2, 0.25) is 0 Å². The van der Waals surface area contributed by atoms with Gasteiger partial charge >= 0.3 is 0 Å². The quantitative estimate of drug-likeness (QED) is 0.841. The van der Waals surface area contributed by atoms with E-state index in [4.69, 9.17) is 5.73 Å². The lowest BCUT2D eigenvalue weighted by Crippen LogP contribution is -2.40. The lowest BCUT2D eigenvalue weighted by Gasteiger charge is -2.33.